The summed E-state index contributed by atoms with van der Waals surface area (Å²) in [6.45, 7) is 9.22. The summed E-state index contributed by atoms with van der Waals surface area (Å²) in [4.78, 5) is 5.01. The van der Waals surface area contributed by atoms with E-state index in [4.69, 9.17) is 4.42 Å². The molecule has 0 bridgehead atoms. The Balaban J connectivity index is 1.61. The molecule has 4 heteroatoms. The maximum Gasteiger partial charge on any atom is 0.135 e. The summed E-state index contributed by atoms with van der Waals surface area (Å²) in [5, 5.41) is 2.40. The monoisotopic (exact) mass is 435 g/mol. The van der Waals surface area contributed by atoms with Crippen LogP contribution in [0, 0.1) is 6.92 Å². The minimum atomic E-state index is -0.286. The van der Waals surface area contributed by atoms with Crippen LogP contribution in [0.4, 0.5) is 17.2 Å². The van der Waals surface area contributed by atoms with E-state index < -0.39 is 0 Å². The second-order valence-corrected chi connectivity index (χ2v) is 9.63. The van der Waals surface area contributed by atoms with Crippen molar-refractivity contribution in [2.45, 2.75) is 39.4 Å². The first-order valence-electron chi connectivity index (χ1n) is 11.6. The SMILES string of the molecule is Cc1ccc2oc3ccccc3c2c1C(C)(C)N1c2ccccc2N(c2cccn2C)[C@H]1C. The van der Waals surface area contributed by atoms with Crippen LogP contribution in [0.25, 0.3) is 21.9 Å². The lowest BCUT2D eigenvalue weighted by atomic mass is 9.84. The zero-order valence-electron chi connectivity index (χ0n) is 19.8. The molecular weight excluding hydrogens is 406 g/mol. The zero-order valence-corrected chi connectivity index (χ0v) is 19.8. The van der Waals surface area contributed by atoms with E-state index in [1.807, 2.05) is 6.07 Å². The number of benzene rings is 3. The number of furan rings is 1. The van der Waals surface area contributed by atoms with Crippen LogP contribution in [0.5, 0.6) is 0 Å². The van der Waals surface area contributed by atoms with Crippen LogP contribution < -0.4 is 9.80 Å². The molecule has 5 aromatic rings. The molecule has 1 atom stereocenters. The molecule has 33 heavy (non-hydrogen) atoms. The van der Waals surface area contributed by atoms with E-state index in [0.717, 1.165) is 11.2 Å². The fraction of sp³-hybridized carbons (Fsp3) is 0.241. The Kier molecular flexibility index (Phi) is 4.19. The summed E-state index contributed by atoms with van der Waals surface area (Å²) < 4.78 is 8.46. The molecule has 0 saturated heterocycles. The summed E-state index contributed by atoms with van der Waals surface area (Å²) in [5.41, 5.74) is 6.69. The van der Waals surface area contributed by atoms with Gasteiger partial charge < -0.3 is 18.8 Å². The molecule has 0 radical (unpaired) electrons. The molecular formula is C29H29N3O. The molecule has 0 unspecified atom stereocenters. The first-order valence-corrected chi connectivity index (χ1v) is 11.6. The predicted octanol–water partition coefficient (Wildman–Crippen LogP) is 7.47. The molecule has 4 nitrogen and oxygen atoms in total. The third-order valence-electron chi connectivity index (χ3n) is 7.28. The van der Waals surface area contributed by atoms with E-state index >= 15 is 0 Å². The van der Waals surface area contributed by atoms with Crippen LogP contribution in [0.2, 0.25) is 0 Å². The minimum Gasteiger partial charge on any atom is -0.456 e. The summed E-state index contributed by atoms with van der Waals surface area (Å²) >= 11 is 0. The van der Waals surface area contributed by atoms with E-state index in [-0.39, 0.29) is 11.7 Å². The van der Waals surface area contributed by atoms with Gasteiger partial charge in [0, 0.05) is 24.0 Å². The summed E-state index contributed by atoms with van der Waals surface area (Å²) in [5.74, 6) is 1.19. The van der Waals surface area contributed by atoms with E-state index in [1.54, 1.807) is 0 Å². The zero-order chi connectivity index (χ0) is 22.9. The molecule has 3 aromatic carbocycles. The first kappa shape index (κ1) is 20.0. The number of aryl methyl sites for hydroxylation is 2. The normalized spacial score (nSPS) is 16.2. The van der Waals surface area contributed by atoms with Gasteiger partial charge in [-0.2, -0.15) is 0 Å². The van der Waals surface area contributed by atoms with E-state index in [0.29, 0.717) is 0 Å². The highest BCUT2D eigenvalue weighted by Crippen LogP contribution is 2.51. The standard InChI is InChI=1S/C29H29N3O/c1-19-16-17-25-27(21-11-6-9-14-24(21)33-25)28(19)29(3,4)32-20(2)31(26-15-10-18-30(26)5)22-12-7-8-13-23(22)32/h6-18,20H,1-5H3/t20-/m1/s1. The third kappa shape index (κ3) is 2.70. The smallest absolute Gasteiger partial charge is 0.135 e. The number of rotatable bonds is 3. The summed E-state index contributed by atoms with van der Waals surface area (Å²) in [6, 6.07) is 25.8. The van der Waals surface area contributed by atoms with Crippen LogP contribution in [-0.2, 0) is 12.6 Å². The average molecular weight is 436 g/mol. The largest absolute Gasteiger partial charge is 0.456 e. The van der Waals surface area contributed by atoms with Gasteiger partial charge in [0.15, 0.2) is 0 Å². The van der Waals surface area contributed by atoms with Crippen LogP contribution >= 0.6 is 0 Å². The van der Waals surface area contributed by atoms with E-state index in [9.17, 15) is 0 Å². The molecule has 1 aliphatic heterocycles. The van der Waals surface area contributed by atoms with Crippen LogP contribution in [-0.4, -0.2) is 10.7 Å². The number of fused-ring (bicyclic) bond motifs is 4. The Hall–Kier alpha value is -3.66. The lowest BCUT2D eigenvalue weighted by molar-refractivity contribution is 0.448. The molecule has 0 fully saturated rings. The Bertz CT molecular complexity index is 1510. The van der Waals surface area contributed by atoms with Gasteiger partial charge in [-0.25, -0.2) is 0 Å². The summed E-state index contributed by atoms with van der Waals surface area (Å²) in [6.07, 6.45) is 2.25. The first-order chi connectivity index (χ1) is 15.9. The highest BCUT2D eigenvalue weighted by Gasteiger charge is 2.44. The lowest BCUT2D eigenvalue weighted by Crippen LogP contribution is -2.49. The Labute approximate surface area is 194 Å². The van der Waals surface area contributed by atoms with Crippen molar-refractivity contribution in [2.24, 2.45) is 7.05 Å². The van der Waals surface area contributed by atoms with Crippen molar-refractivity contribution < 1.29 is 4.42 Å². The molecule has 0 amide bonds. The Morgan fingerprint density at radius 3 is 2.30 bits per heavy atom. The number of hydrogen-bond donors (Lipinski definition) is 0. The number of anilines is 3. The van der Waals surface area contributed by atoms with Crippen molar-refractivity contribution in [2.75, 3.05) is 9.80 Å². The molecule has 0 aliphatic carbocycles. The van der Waals surface area contributed by atoms with Crippen molar-refractivity contribution in [1.82, 2.24) is 4.57 Å². The van der Waals surface area contributed by atoms with Crippen molar-refractivity contribution in [3.05, 3.63) is 90.1 Å². The van der Waals surface area contributed by atoms with Gasteiger partial charge in [-0.05, 0) is 75.2 Å². The lowest BCUT2D eigenvalue weighted by Gasteiger charge is -2.43. The van der Waals surface area contributed by atoms with E-state index in [2.05, 4.69) is 122 Å². The van der Waals surface area contributed by atoms with Crippen molar-refractivity contribution in [3.63, 3.8) is 0 Å². The van der Waals surface area contributed by atoms with Gasteiger partial charge in [-0.3, -0.25) is 0 Å². The topological polar surface area (TPSA) is 24.6 Å². The molecule has 6 rings (SSSR count). The second kappa shape index (κ2) is 6.92. The maximum atomic E-state index is 6.27. The van der Waals surface area contributed by atoms with Gasteiger partial charge in [-0.1, -0.05) is 36.4 Å². The quantitative estimate of drug-likeness (QED) is 0.294. The van der Waals surface area contributed by atoms with Crippen molar-refractivity contribution in [1.29, 1.82) is 0 Å². The maximum absolute atomic E-state index is 6.27. The Morgan fingerprint density at radius 1 is 0.818 bits per heavy atom. The highest BCUT2D eigenvalue weighted by molar-refractivity contribution is 6.08. The summed E-state index contributed by atoms with van der Waals surface area (Å²) in [7, 11) is 2.11. The number of nitrogens with zero attached hydrogens (tertiary/aromatic N) is 3. The molecule has 0 spiro atoms. The predicted molar refractivity (Wildman–Crippen MR) is 137 cm³/mol. The Morgan fingerprint density at radius 2 is 1.55 bits per heavy atom. The van der Waals surface area contributed by atoms with Crippen molar-refractivity contribution >= 4 is 39.1 Å². The van der Waals surface area contributed by atoms with Gasteiger partial charge in [0.05, 0.1) is 16.9 Å². The highest BCUT2D eigenvalue weighted by atomic mass is 16.3. The van der Waals surface area contributed by atoms with E-state index in [1.165, 1.54) is 39.1 Å². The molecule has 2 aromatic heterocycles. The van der Waals surface area contributed by atoms with Gasteiger partial charge in [0.2, 0.25) is 0 Å². The third-order valence-corrected chi connectivity index (χ3v) is 7.28. The average Bonchev–Trinajstić information content (AvgIpc) is 3.46. The van der Waals surface area contributed by atoms with Crippen LogP contribution in [0.3, 0.4) is 0 Å². The fourth-order valence-electron chi connectivity index (χ4n) is 6.00. The second-order valence-electron chi connectivity index (χ2n) is 9.63. The number of hydrogen-bond acceptors (Lipinski definition) is 3. The molecule has 0 N–H and O–H groups in total. The minimum absolute atomic E-state index is 0.138. The number of aromatic nitrogens is 1. The van der Waals surface area contributed by atoms with Gasteiger partial charge in [0.1, 0.15) is 23.1 Å². The molecule has 3 heterocycles. The van der Waals surface area contributed by atoms with Crippen LogP contribution in [0.15, 0.2) is 83.4 Å². The van der Waals surface area contributed by atoms with Gasteiger partial charge in [0.25, 0.3) is 0 Å². The fourth-order valence-corrected chi connectivity index (χ4v) is 6.00. The number of para-hydroxylation sites is 3. The van der Waals surface area contributed by atoms with Crippen molar-refractivity contribution in [3.8, 4) is 0 Å². The van der Waals surface area contributed by atoms with Crippen LogP contribution in [0.1, 0.15) is 31.9 Å². The molecule has 1 aliphatic rings. The molecule has 0 saturated carbocycles. The van der Waals surface area contributed by atoms with Gasteiger partial charge >= 0.3 is 0 Å². The molecule has 166 valence electrons. The van der Waals surface area contributed by atoms with Gasteiger partial charge in [-0.15, -0.1) is 0 Å².